The van der Waals surface area contributed by atoms with Crippen LogP contribution in [-0.2, 0) is 16.0 Å². The Hall–Kier alpha value is -2.44. The molecule has 2 N–H and O–H groups in total. The van der Waals surface area contributed by atoms with Crippen molar-refractivity contribution < 1.29 is 14.5 Å². The van der Waals surface area contributed by atoms with Crippen LogP contribution in [0.5, 0.6) is 0 Å². The van der Waals surface area contributed by atoms with Gasteiger partial charge in [0.25, 0.3) is 5.69 Å². The van der Waals surface area contributed by atoms with Gasteiger partial charge in [-0.15, -0.1) is 0 Å². The molecular weight excluding hydrogens is 262 g/mol. The Morgan fingerprint density at radius 1 is 1.40 bits per heavy atom. The summed E-state index contributed by atoms with van der Waals surface area (Å²) in [7, 11) is 0. The minimum Gasteiger partial charge on any atom is -0.354 e. The molecule has 1 aliphatic heterocycles. The molecule has 0 aromatic heterocycles. The number of nitrogens with zero attached hydrogens (tertiary/aromatic N) is 1. The minimum atomic E-state index is -0.478. The fourth-order valence-electron chi connectivity index (χ4n) is 2.06. The summed E-state index contributed by atoms with van der Waals surface area (Å²) >= 11 is 0. The van der Waals surface area contributed by atoms with Crippen LogP contribution in [-0.4, -0.2) is 29.3 Å². The zero-order chi connectivity index (χ0) is 14.5. The maximum absolute atomic E-state index is 11.8. The zero-order valence-electron chi connectivity index (χ0n) is 10.8. The molecule has 0 spiro atoms. The Kier molecular flexibility index (Phi) is 4.29. The molecular formula is C13H15N3O4. The Morgan fingerprint density at radius 2 is 2.10 bits per heavy atom. The van der Waals surface area contributed by atoms with Gasteiger partial charge in [0.2, 0.25) is 11.8 Å². The molecule has 2 amide bonds. The molecule has 0 bridgehead atoms. The monoisotopic (exact) mass is 277 g/mol. The summed E-state index contributed by atoms with van der Waals surface area (Å²) in [6.45, 7) is 0.449. The number of carbonyl (C=O) groups is 2. The molecule has 20 heavy (non-hydrogen) atoms. The topological polar surface area (TPSA) is 101 Å². The Bertz CT molecular complexity index is 517. The molecule has 7 heteroatoms. The van der Waals surface area contributed by atoms with Crippen LogP contribution in [0.15, 0.2) is 24.3 Å². The predicted octanol–water partition coefficient (Wildman–Crippen LogP) is 0.532. The van der Waals surface area contributed by atoms with E-state index >= 15 is 0 Å². The van der Waals surface area contributed by atoms with Crippen molar-refractivity contribution in [3.05, 3.63) is 39.9 Å². The average Bonchev–Trinajstić information content (AvgIpc) is 2.42. The second-order valence-electron chi connectivity index (χ2n) is 4.71. The van der Waals surface area contributed by atoms with Crippen LogP contribution < -0.4 is 10.6 Å². The second-order valence-corrected chi connectivity index (χ2v) is 4.71. The van der Waals surface area contributed by atoms with Crippen LogP contribution >= 0.6 is 0 Å². The molecule has 2 rings (SSSR count). The van der Waals surface area contributed by atoms with Gasteiger partial charge in [0, 0.05) is 31.1 Å². The number of piperidine rings is 1. The first-order chi connectivity index (χ1) is 9.54. The quantitative estimate of drug-likeness (QED) is 0.619. The molecule has 1 saturated heterocycles. The maximum Gasteiger partial charge on any atom is 0.269 e. The van der Waals surface area contributed by atoms with E-state index in [1.807, 2.05) is 0 Å². The lowest BCUT2D eigenvalue weighted by molar-refractivity contribution is -0.384. The highest BCUT2D eigenvalue weighted by Crippen LogP contribution is 2.12. The van der Waals surface area contributed by atoms with Crippen LogP contribution in [0.3, 0.4) is 0 Å². The molecule has 1 heterocycles. The van der Waals surface area contributed by atoms with Crippen molar-refractivity contribution in [1.82, 2.24) is 10.6 Å². The van der Waals surface area contributed by atoms with Gasteiger partial charge < -0.3 is 10.6 Å². The molecule has 0 aliphatic carbocycles. The van der Waals surface area contributed by atoms with Crippen LogP contribution in [0, 0.1) is 10.1 Å². The summed E-state index contributed by atoms with van der Waals surface area (Å²) in [5, 5.41) is 16.0. The summed E-state index contributed by atoms with van der Waals surface area (Å²) in [6.07, 6.45) is 1.22. The molecule has 1 fully saturated rings. The van der Waals surface area contributed by atoms with E-state index in [0.717, 1.165) is 0 Å². The third-order valence-corrected chi connectivity index (χ3v) is 3.14. The van der Waals surface area contributed by atoms with Gasteiger partial charge in [-0.2, -0.15) is 0 Å². The zero-order valence-corrected chi connectivity index (χ0v) is 10.8. The highest BCUT2D eigenvalue weighted by molar-refractivity contribution is 5.80. The first-order valence-electron chi connectivity index (χ1n) is 6.34. The third-order valence-electron chi connectivity index (χ3n) is 3.14. The largest absolute Gasteiger partial charge is 0.354 e. The van der Waals surface area contributed by atoms with Gasteiger partial charge in [-0.25, -0.2) is 0 Å². The van der Waals surface area contributed by atoms with Crippen molar-refractivity contribution >= 4 is 17.5 Å². The van der Waals surface area contributed by atoms with Gasteiger partial charge in [0.05, 0.1) is 11.3 Å². The molecule has 1 aliphatic rings. The van der Waals surface area contributed by atoms with Gasteiger partial charge in [-0.3, -0.25) is 19.7 Å². The lowest BCUT2D eigenvalue weighted by atomic mass is 10.1. The van der Waals surface area contributed by atoms with E-state index in [1.165, 1.54) is 12.1 Å². The number of rotatable bonds is 4. The van der Waals surface area contributed by atoms with Gasteiger partial charge in [0.1, 0.15) is 0 Å². The molecule has 1 aromatic carbocycles. The Labute approximate surface area is 115 Å². The number of nitro benzene ring substituents is 1. The number of benzene rings is 1. The van der Waals surface area contributed by atoms with E-state index in [0.29, 0.717) is 24.9 Å². The highest BCUT2D eigenvalue weighted by atomic mass is 16.6. The van der Waals surface area contributed by atoms with Gasteiger partial charge >= 0.3 is 0 Å². The fourth-order valence-corrected chi connectivity index (χ4v) is 2.06. The molecule has 106 valence electrons. The summed E-state index contributed by atoms with van der Waals surface area (Å²) in [5.74, 6) is -0.147. The number of hydrogen-bond acceptors (Lipinski definition) is 4. The molecule has 0 saturated carbocycles. The SMILES string of the molecule is O=C1CCC(NC(=O)Cc2ccc([N+](=O)[O-])cc2)CN1. The summed E-state index contributed by atoms with van der Waals surface area (Å²) in [4.78, 5) is 32.9. The second kappa shape index (κ2) is 6.14. The van der Waals surface area contributed by atoms with Crippen molar-refractivity contribution in [2.75, 3.05) is 6.54 Å². The van der Waals surface area contributed by atoms with Crippen molar-refractivity contribution in [1.29, 1.82) is 0 Å². The normalized spacial score (nSPS) is 18.2. The maximum atomic E-state index is 11.8. The van der Waals surface area contributed by atoms with Gasteiger partial charge in [-0.05, 0) is 12.0 Å². The number of hydrogen-bond donors (Lipinski definition) is 2. The number of nitro groups is 1. The fraction of sp³-hybridized carbons (Fsp3) is 0.385. The summed E-state index contributed by atoms with van der Waals surface area (Å²) < 4.78 is 0. The van der Waals surface area contributed by atoms with E-state index in [1.54, 1.807) is 12.1 Å². The number of amides is 2. The van der Waals surface area contributed by atoms with Crippen molar-refractivity contribution in [3.63, 3.8) is 0 Å². The van der Waals surface area contributed by atoms with E-state index in [-0.39, 0.29) is 30.0 Å². The molecule has 0 radical (unpaired) electrons. The number of nitrogens with one attached hydrogen (secondary N) is 2. The smallest absolute Gasteiger partial charge is 0.269 e. The van der Waals surface area contributed by atoms with E-state index in [2.05, 4.69) is 10.6 Å². The first kappa shape index (κ1) is 14.0. The molecule has 7 nitrogen and oxygen atoms in total. The molecule has 1 aromatic rings. The van der Waals surface area contributed by atoms with E-state index in [4.69, 9.17) is 0 Å². The lowest BCUT2D eigenvalue weighted by Crippen LogP contribution is -2.48. The molecule has 1 unspecified atom stereocenters. The number of carbonyl (C=O) groups excluding carboxylic acids is 2. The van der Waals surface area contributed by atoms with Crippen LogP contribution in [0.1, 0.15) is 18.4 Å². The Morgan fingerprint density at radius 3 is 2.65 bits per heavy atom. The molecule has 1 atom stereocenters. The van der Waals surface area contributed by atoms with Crippen molar-refractivity contribution in [3.8, 4) is 0 Å². The standard InChI is InChI=1S/C13H15N3O4/c17-12-6-3-10(8-14-12)15-13(18)7-9-1-4-11(5-2-9)16(19)20/h1-2,4-5,10H,3,6-8H2,(H,14,17)(H,15,18). The number of non-ortho nitro benzene ring substituents is 1. The van der Waals surface area contributed by atoms with Crippen LogP contribution in [0.2, 0.25) is 0 Å². The summed E-state index contributed by atoms with van der Waals surface area (Å²) in [6, 6.07) is 5.85. The van der Waals surface area contributed by atoms with Crippen molar-refractivity contribution in [2.24, 2.45) is 0 Å². The van der Waals surface area contributed by atoms with Gasteiger partial charge in [-0.1, -0.05) is 12.1 Å². The van der Waals surface area contributed by atoms with Crippen LogP contribution in [0.25, 0.3) is 0 Å². The van der Waals surface area contributed by atoms with E-state index in [9.17, 15) is 19.7 Å². The summed E-state index contributed by atoms with van der Waals surface area (Å²) in [5.41, 5.74) is 0.720. The van der Waals surface area contributed by atoms with Crippen LogP contribution in [0.4, 0.5) is 5.69 Å². The third kappa shape index (κ3) is 3.78. The minimum absolute atomic E-state index is 0.00384. The highest BCUT2D eigenvalue weighted by Gasteiger charge is 2.19. The predicted molar refractivity (Wildman–Crippen MR) is 71.0 cm³/mol. The van der Waals surface area contributed by atoms with E-state index < -0.39 is 4.92 Å². The Balaban J connectivity index is 1.85. The van der Waals surface area contributed by atoms with Crippen molar-refractivity contribution in [2.45, 2.75) is 25.3 Å². The first-order valence-corrected chi connectivity index (χ1v) is 6.34. The lowest BCUT2D eigenvalue weighted by Gasteiger charge is -2.23. The average molecular weight is 277 g/mol. The van der Waals surface area contributed by atoms with Gasteiger partial charge in [0.15, 0.2) is 0 Å².